The molecule has 0 N–H and O–H groups in total. The Hall–Kier alpha value is -0.830. The first-order chi connectivity index (χ1) is 10.3. The van der Waals surface area contributed by atoms with Crippen molar-refractivity contribution in [3.05, 3.63) is 28.5 Å². The van der Waals surface area contributed by atoms with E-state index < -0.39 is 0 Å². The minimum absolute atomic E-state index is 0.847. The average Bonchev–Trinajstić information content (AvgIpc) is 2.83. The van der Waals surface area contributed by atoms with Crippen LogP contribution in [-0.4, -0.2) is 9.55 Å². The summed E-state index contributed by atoms with van der Waals surface area (Å²) in [6.45, 7) is 3.42. The van der Waals surface area contributed by atoms with Crippen LogP contribution >= 0.6 is 15.9 Å². The Morgan fingerprint density at radius 1 is 1.24 bits per heavy atom. The molecule has 0 saturated heterocycles. The number of unbranched alkanes of at least 4 members (excludes halogenated alkanes) is 1. The Morgan fingerprint density at radius 2 is 2.05 bits per heavy atom. The molecule has 0 atom stereocenters. The largest absolute Gasteiger partial charge is 0.328 e. The molecule has 2 aromatic rings. The lowest BCUT2D eigenvalue weighted by Crippen LogP contribution is -2.16. The van der Waals surface area contributed by atoms with E-state index in [-0.39, 0.29) is 0 Å². The molecule has 1 saturated carbocycles. The van der Waals surface area contributed by atoms with Gasteiger partial charge in [0.15, 0.2) is 0 Å². The van der Waals surface area contributed by atoms with E-state index in [4.69, 9.17) is 4.98 Å². The van der Waals surface area contributed by atoms with Crippen molar-refractivity contribution >= 4 is 27.0 Å². The molecule has 0 amide bonds. The molecule has 3 rings (SSSR count). The highest BCUT2D eigenvalue weighted by atomic mass is 79.9. The number of aromatic nitrogens is 2. The van der Waals surface area contributed by atoms with Crippen molar-refractivity contribution in [2.45, 2.75) is 64.8 Å². The molecule has 1 aromatic heterocycles. The van der Waals surface area contributed by atoms with E-state index in [2.05, 4.69) is 45.6 Å². The second-order valence-electron chi connectivity index (χ2n) is 6.38. The summed E-state index contributed by atoms with van der Waals surface area (Å²) in [6, 6.07) is 6.53. The summed E-state index contributed by atoms with van der Waals surface area (Å²) in [6.07, 6.45) is 10.6. The molecule has 21 heavy (non-hydrogen) atoms. The Bertz CT molecular complexity index is 597. The maximum Gasteiger partial charge on any atom is 0.109 e. The van der Waals surface area contributed by atoms with Crippen LogP contribution in [0.2, 0.25) is 0 Å². The van der Waals surface area contributed by atoms with Crippen LogP contribution in [-0.2, 0) is 13.0 Å². The van der Waals surface area contributed by atoms with Gasteiger partial charge in [-0.3, -0.25) is 0 Å². The molecular formula is C18H25BrN2. The lowest BCUT2D eigenvalue weighted by atomic mass is 9.89. The Kier molecular flexibility index (Phi) is 4.99. The molecule has 0 aliphatic heterocycles. The third-order valence-corrected chi connectivity index (χ3v) is 5.20. The van der Waals surface area contributed by atoms with Crippen LogP contribution in [0, 0.1) is 5.92 Å². The average molecular weight is 349 g/mol. The number of rotatable bonds is 5. The number of aryl methyl sites for hydroxylation is 1. The van der Waals surface area contributed by atoms with Crippen molar-refractivity contribution in [3.8, 4) is 0 Å². The highest BCUT2D eigenvalue weighted by Gasteiger charge is 2.18. The zero-order valence-corrected chi connectivity index (χ0v) is 14.5. The van der Waals surface area contributed by atoms with E-state index in [0.29, 0.717) is 0 Å². The molecule has 1 aliphatic rings. The summed E-state index contributed by atoms with van der Waals surface area (Å²) in [7, 11) is 0. The topological polar surface area (TPSA) is 17.8 Å². The quantitative estimate of drug-likeness (QED) is 0.675. The second kappa shape index (κ2) is 6.95. The van der Waals surface area contributed by atoms with Gasteiger partial charge in [0.2, 0.25) is 0 Å². The number of benzene rings is 1. The van der Waals surface area contributed by atoms with Crippen LogP contribution in [0.4, 0.5) is 0 Å². The van der Waals surface area contributed by atoms with Gasteiger partial charge >= 0.3 is 0 Å². The van der Waals surface area contributed by atoms with E-state index in [1.54, 1.807) is 0 Å². The number of hydrogen-bond donors (Lipinski definition) is 0. The van der Waals surface area contributed by atoms with Gasteiger partial charge in [-0.1, -0.05) is 48.5 Å². The van der Waals surface area contributed by atoms with Gasteiger partial charge in [0.05, 0.1) is 11.0 Å². The predicted molar refractivity (Wildman–Crippen MR) is 92.6 cm³/mol. The number of fused-ring (bicyclic) bond motifs is 1. The van der Waals surface area contributed by atoms with E-state index >= 15 is 0 Å². The minimum Gasteiger partial charge on any atom is -0.328 e. The first-order valence-corrected chi connectivity index (χ1v) is 9.22. The molecule has 0 radical (unpaired) electrons. The zero-order chi connectivity index (χ0) is 14.7. The lowest BCUT2D eigenvalue weighted by Gasteiger charge is -2.23. The fourth-order valence-electron chi connectivity index (χ4n) is 3.51. The standard InChI is InChI=1S/C18H25BrN2/c1-2-3-9-18-20-16-12-15(19)10-11-17(16)21(18)13-14-7-5-4-6-8-14/h10-12,14H,2-9,13H2,1H3. The van der Waals surface area contributed by atoms with E-state index in [0.717, 1.165) is 28.9 Å². The second-order valence-corrected chi connectivity index (χ2v) is 7.29. The van der Waals surface area contributed by atoms with Gasteiger partial charge in [-0.25, -0.2) is 4.98 Å². The SMILES string of the molecule is CCCCc1nc2cc(Br)ccc2n1CC1CCCCC1. The van der Waals surface area contributed by atoms with Gasteiger partial charge in [0.1, 0.15) is 5.82 Å². The summed E-state index contributed by atoms with van der Waals surface area (Å²) >= 11 is 3.57. The molecule has 1 aromatic carbocycles. The number of imidazole rings is 1. The minimum atomic E-state index is 0.847. The fraction of sp³-hybridized carbons (Fsp3) is 0.611. The van der Waals surface area contributed by atoms with Gasteiger partial charge in [-0.05, 0) is 43.4 Å². The maximum atomic E-state index is 4.91. The number of nitrogens with zero attached hydrogens (tertiary/aromatic N) is 2. The van der Waals surface area contributed by atoms with E-state index in [1.807, 2.05) is 0 Å². The molecule has 0 unspecified atom stereocenters. The monoisotopic (exact) mass is 348 g/mol. The van der Waals surface area contributed by atoms with Gasteiger partial charge in [0.25, 0.3) is 0 Å². The summed E-state index contributed by atoms with van der Waals surface area (Å²) < 4.78 is 3.63. The van der Waals surface area contributed by atoms with Crippen LogP contribution < -0.4 is 0 Å². The Balaban J connectivity index is 1.91. The molecule has 1 fully saturated rings. The Labute approximate surface area is 136 Å². The van der Waals surface area contributed by atoms with Crippen molar-refractivity contribution in [2.24, 2.45) is 5.92 Å². The Morgan fingerprint density at radius 3 is 2.81 bits per heavy atom. The molecule has 1 aliphatic carbocycles. The highest BCUT2D eigenvalue weighted by Crippen LogP contribution is 2.28. The van der Waals surface area contributed by atoms with Crippen molar-refractivity contribution in [3.63, 3.8) is 0 Å². The van der Waals surface area contributed by atoms with Crippen LogP contribution in [0.15, 0.2) is 22.7 Å². The third kappa shape index (κ3) is 3.50. The first kappa shape index (κ1) is 15.1. The van der Waals surface area contributed by atoms with Crippen LogP contribution in [0.1, 0.15) is 57.7 Å². The van der Waals surface area contributed by atoms with Gasteiger partial charge in [-0.15, -0.1) is 0 Å². The van der Waals surface area contributed by atoms with Crippen molar-refractivity contribution in [1.82, 2.24) is 9.55 Å². The molecule has 2 nitrogen and oxygen atoms in total. The van der Waals surface area contributed by atoms with E-state index in [1.165, 1.54) is 56.3 Å². The van der Waals surface area contributed by atoms with Crippen LogP contribution in [0.5, 0.6) is 0 Å². The van der Waals surface area contributed by atoms with Crippen molar-refractivity contribution < 1.29 is 0 Å². The maximum absolute atomic E-state index is 4.91. The number of halogens is 1. The molecular weight excluding hydrogens is 324 g/mol. The van der Waals surface area contributed by atoms with Crippen molar-refractivity contribution in [1.29, 1.82) is 0 Å². The first-order valence-electron chi connectivity index (χ1n) is 8.42. The number of hydrogen-bond acceptors (Lipinski definition) is 1. The van der Waals surface area contributed by atoms with Gasteiger partial charge in [0, 0.05) is 17.4 Å². The molecule has 0 spiro atoms. The lowest BCUT2D eigenvalue weighted by molar-refractivity contribution is 0.319. The van der Waals surface area contributed by atoms with E-state index in [9.17, 15) is 0 Å². The molecule has 114 valence electrons. The third-order valence-electron chi connectivity index (χ3n) is 4.71. The van der Waals surface area contributed by atoms with Crippen LogP contribution in [0.3, 0.4) is 0 Å². The summed E-state index contributed by atoms with van der Waals surface area (Å²) in [4.78, 5) is 4.91. The normalized spacial score (nSPS) is 16.7. The van der Waals surface area contributed by atoms with Crippen LogP contribution in [0.25, 0.3) is 11.0 Å². The fourth-order valence-corrected chi connectivity index (χ4v) is 3.86. The zero-order valence-electron chi connectivity index (χ0n) is 12.9. The summed E-state index contributed by atoms with van der Waals surface area (Å²) in [5, 5.41) is 0. The highest BCUT2D eigenvalue weighted by molar-refractivity contribution is 9.10. The predicted octanol–water partition coefficient (Wildman–Crippen LogP) is 5.72. The molecule has 3 heteroatoms. The molecule has 0 bridgehead atoms. The summed E-state index contributed by atoms with van der Waals surface area (Å²) in [5.41, 5.74) is 2.46. The van der Waals surface area contributed by atoms with Crippen molar-refractivity contribution in [2.75, 3.05) is 0 Å². The van der Waals surface area contributed by atoms with Gasteiger partial charge in [-0.2, -0.15) is 0 Å². The molecule has 1 heterocycles. The van der Waals surface area contributed by atoms with Gasteiger partial charge < -0.3 is 4.57 Å². The smallest absolute Gasteiger partial charge is 0.109 e. The summed E-state index contributed by atoms with van der Waals surface area (Å²) in [5.74, 6) is 2.13.